The lowest BCUT2D eigenvalue weighted by molar-refractivity contribution is 0.405. The van der Waals surface area contributed by atoms with Crippen molar-refractivity contribution in [3.63, 3.8) is 0 Å². The van der Waals surface area contributed by atoms with E-state index in [1.54, 1.807) is 14.2 Å². The molecule has 0 aliphatic heterocycles. The van der Waals surface area contributed by atoms with Crippen molar-refractivity contribution in [2.45, 2.75) is 27.3 Å². The van der Waals surface area contributed by atoms with Gasteiger partial charge in [0, 0.05) is 17.1 Å². The number of anilines is 1. The summed E-state index contributed by atoms with van der Waals surface area (Å²) in [6, 6.07) is 9.81. The van der Waals surface area contributed by atoms with Crippen LogP contribution in [0.2, 0.25) is 0 Å². The average molecular weight is 366 g/mol. The molecule has 0 radical (unpaired) electrons. The van der Waals surface area contributed by atoms with Crippen LogP contribution in [0.15, 0.2) is 35.3 Å². The van der Waals surface area contributed by atoms with E-state index < -0.39 is 0 Å². The van der Waals surface area contributed by atoms with Gasteiger partial charge in [0.05, 0.1) is 32.0 Å². The molecule has 0 saturated heterocycles. The fraction of sp³-hybridized carbons (Fsp3) is 0.286. The van der Waals surface area contributed by atoms with Crippen LogP contribution >= 0.6 is 0 Å². The highest BCUT2D eigenvalue weighted by molar-refractivity contribution is 5.94. The Morgan fingerprint density at radius 1 is 1.11 bits per heavy atom. The molecule has 0 unspecified atom stereocenters. The van der Waals surface area contributed by atoms with Crippen LogP contribution in [0.1, 0.15) is 22.4 Å². The van der Waals surface area contributed by atoms with Gasteiger partial charge in [-0.3, -0.25) is 0 Å². The zero-order valence-electron chi connectivity index (χ0n) is 16.4. The van der Waals surface area contributed by atoms with Crippen LogP contribution in [0.4, 0.5) is 5.69 Å². The zero-order valence-corrected chi connectivity index (χ0v) is 16.4. The van der Waals surface area contributed by atoms with E-state index in [0.29, 0.717) is 29.7 Å². The lowest BCUT2D eigenvalue weighted by atomic mass is 10.0. The van der Waals surface area contributed by atoms with Crippen LogP contribution in [0, 0.1) is 20.8 Å². The van der Waals surface area contributed by atoms with Gasteiger partial charge in [-0.1, -0.05) is 11.6 Å². The molecular weight excluding hydrogens is 340 g/mol. The quantitative estimate of drug-likeness (QED) is 0.470. The lowest BCUT2D eigenvalue weighted by Crippen LogP contribution is -2.23. The number of aliphatic imine (C=N–C) groups is 1. The Morgan fingerprint density at radius 3 is 2.59 bits per heavy atom. The number of benzene rings is 2. The molecule has 1 heterocycles. The Bertz CT molecular complexity index is 1010. The number of hydrogen-bond acceptors (Lipinski definition) is 3. The van der Waals surface area contributed by atoms with Gasteiger partial charge >= 0.3 is 0 Å². The average Bonchev–Trinajstić information content (AvgIpc) is 2.94. The Labute approximate surface area is 159 Å². The number of aryl methyl sites for hydroxylation is 3. The van der Waals surface area contributed by atoms with Crippen molar-refractivity contribution in [2.24, 2.45) is 10.7 Å². The van der Waals surface area contributed by atoms with E-state index in [-0.39, 0.29) is 0 Å². The summed E-state index contributed by atoms with van der Waals surface area (Å²) in [4.78, 5) is 7.98. The van der Waals surface area contributed by atoms with Crippen molar-refractivity contribution in [1.82, 2.24) is 4.98 Å². The maximum Gasteiger partial charge on any atom is 0.193 e. The van der Waals surface area contributed by atoms with Gasteiger partial charge in [0.15, 0.2) is 5.96 Å². The number of nitrogens with zero attached hydrogens (tertiary/aromatic N) is 1. The number of nitrogens with one attached hydrogen (secondary N) is 2. The van der Waals surface area contributed by atoms with Crippen LogP contribution in [0.5, 0.6) is 11.5 Å². The van der Waals surface area contributed by atoms with Crippen LogP contribution in [0.3, 0.4) is 0 Å². The maximum absolute atomic E-state index is 6.12. The number of ether oxygens (including phenoxy) is 2. The summed E-state index contributed by atoms with van der Waals surface area (Å²) in [5, 5.41) is 4.33. The summed E-state index contributed by atoms with van der Waals surface area (Å²) in [5.41, 5.74) is 12.7. The predicted octanol–water partition coefficient (Wildman–Crippen LogP) is 4.04. The van der Waals surface area contributed by atoms with Crippen molar-refractivity contribution in [1.29, 1.82) is 0 Å². The number of fused-ring (bicyclic) bond motifs is 1. The van der Waals surface area contributed by atoms with E-state index in [2.05, 4.69) is 48.2 Å². The third-order valence-corrected chi connectivity index (χ3v) is 4.73. The van der Waals surface area contributed by atoms with Gasteiger partial charge < -0.3 is 25.5 Å². The summed E-state index contributed by atoms with van der Waals surface area (Å²) in [6.45, 7) is 6.79. The summed E-state index contributed by atoms with van der Waals surface area (Å²) in [7, 11) is 3.23. The van der Waals surface area contributed by atoms with Crippen molar-refractivity contribution < 1.29 is 9.47 Å². The van der Waals surface area contributed by atoms with E-state index in [1.165, 1.54) is 22.2 Å². The monoisotopic (exact) mass is 366 g/mol. The molecule has 3 aromatic rings. The Morgan fingerprint density at radius 2 is 1.89 bits per heavy atom. The van der Waals surface area contributed by atoms with Gasteiger partial charge in [-0.05, 0) is 50.1 Å². The second kappa shape index (κ2) is 7.61. The molecule has 0 amide bonds. The van der Waals surface area contributed by atoms with E-state index in [9.17, 15) is 0 Å². The number of nitrogens with two attached hydrogens (primary N) is 1. The minimum atomic E-state index is 0.316. The highest BCUT2D eigenvalue weighted by Crippen LogP contribution is 2.29. The van der Waals surface area contributed by atoms with E-state index in [4.69, 9.17) is 15.2 Å². The van der Waals surface area contributed by atoms with Crippen LogP contribution in [0.25, 0.3) is 10.9 Å². The number of aromatic amines is 1. The summed E-state index contributed by atoms with van der Waals surface area (Å²) < 4.78 is 10.6. The molecule has 142 valence electrons. The topological polar surface area (TPSA) is 84.7 Å². The number of rotatable bonds is 5. The molecule has 4 N–H and O–H groups in total. The van der Waals surface area contributed by atoms with Crippen molar-refractivity contribution >= 4 is 22.5 Å². The first-order chi connectivity index (χ1) is 12.9. The highest BCUT2D eigenvalue weighted by atomic mass is 16.5. The summed E-state index contributed by atoms with van der Waals surface area (Å²) >= 11 is 0. The molecule has 0 spiro atoms. The number of guanidine groups is 1. The minimum Gasteiger partial charge on any atom is -0.497 e. The lowest BCUT2D eigenvalue weighted by Gasteiger charge is -2.12. The number of methoxy groups -OCH3 is 2. The molecule has 6 nitrogen and oxygen atoms in total. The Kier molecular flexibility index (Phi) is 5.26. The van der Waals surface area contributed by atoms with E-state index in [0.717, 1.165) is 11.1 Å². The normalized spacial score (nSPS) is 11.7. The molecule has 2 aromatic carbocycles. The molecule has 27 heavy (non-hydrogen) atoms. The first-order valence-corrected chi connectivity index (χ1v) is 8.80. The van der Waals surface area contributed by atoms with Gasteiger partial charge in [-0.25, -0.2) is 4.99 Å². The van der Waals surface area contributed by atoms with E-state index in [1.807, 2.05) is 18.2 Å². The molecular formula is C21H26N4O2. The van der Waals surface area contributed by atoms with Gasteiger partial charge in [-0.2, -0.15) is 0 Å². The van der Waals surface area contributed by atoms with E-state index >= 15 is 0 Å². The maximum atomic E-state index is 6.12. The van der Waals surface area contributed by atoms with Gasteiger partial charge in [0.2, 0.25) is 0 Å². The predicted molar refractivity (Wildman–Crippen MR) is 111 cm³/mol. The standard InChI is InChI=1S/C21H26N4O2/c1-12-8-15(20-17(9-12)13(2)14(3)24-20)11-23-21(22)25-18-10-16(26-4)6-7-19(18)27-5/h6-10,24H,11H2,1-5H3,(H3,22,23,25). The molecule has 3 rings (SSSR count). The second-order valence-electron chi connectivity index (χ2n) is 6.61. The van der Waals surface area contributed by atoms with Crippen molar-refractivity contribution in [3.05, 3.63) is 52.7 Å². The van der Waals surface area contributed by atoms with Crippen LogP contribution < -0.4 is 20.5 Å². The molecule has 0 fully saturated rings. The number of hydrogen-bond donors (Lipinski definition) is 3. The SMILES string of the molecule is COc1ccc(OC)c(NC(N)=NCc2cc(C)cc3c(C)c(C)[nH]c23)c1. The summed E-state index contributed by atoms with van der Waals surface area (Å²) in [6.07, 6.45) is 0. The molecule has 0 atom stereocenters. The first-order valence-electron chi connectivity index (χ1n) is 8.80. The van der Waals surface area contributed by atoms with Crippen LogP contribution in [-0.4, -0.2) is 25.2 Å². The van der Waals surface area contributed by atoms with Crippen molar-refractivity contribution in [3.8, 4) is 11.5 Å². The molecule has 0 saturated carbocycles. The minimum absolute atomic E-state index is 0.316. The van der Waals surface area contributed by atoms with Gasteiger partial charge in [0.25, 0.3) is 0 Å². The molecule has 0 aliphatic carbocycles. The van der Waals surface area contributed by atoms with Crippen LogP contribution in [-0.2, 0) is 6.54 Å². The Hall–Kier alpha value is -3.15. The fourth-order valence-corrected chi connectivity index (χ4v) is 3.17. The first kappa shape index (κ1) is 18.6. The third-order valence-electron chi connectivity index (χ3n) is 4.73. The molecule has 6 heteroatoms. The fourth-order valence-electron chi connectivity index (χ4n) is 3.17. The summed E-state index contributed by atoms with van der Waals surface area (Å²) in [5.74, 6) is 1.70. The van der Waals surface area contributed by atoms with Gasteiger partial charge in [-0.15, -0.1) is 0 Å². The molecule has 1 aromatic heterocycles. The smallest absolute Gasteiger partial charge is 0.193 e. The molecule has 0 aliphatic rings. The van der Waals surface area contributed by atoms with Gasteiger partial charge in [0.1, 0.15) is 11.5 Å². The number of aromatic nitrogens is 1. The largest absolute Gasteiger partial charge is 0.497 e. The third kappa shape index (κ3) is 3.84. The number of H-pyrrole nitrogens is 1. The second-order valence-corrected chi connectivity index (χ2v) is 6.61. The molecule has 0 bridgehead atoms. The zero-order chi connectivity index (χ0) is 19.6. The Balaban J connectivity index is 1.87. The highest BCUT2D eigenvalue weighted by Gasteiger charge is 2.10. The van der Waals surface area contributed by atoms with Crippen molar-refractivity contribution in [2.75, 3.05) is 19.5 Å².